The van der Waals surface area contributed by atoms with Crippen LogP contribution in [0.2, 0.25) is 0 Å². The second-order valence-electron chi connectivity index (χ2n) is 11.8. The molecule has 6 rings (SSSR count). The van der Waals surface area contributed by atoms with Gasteiger partial charge in [0.2, 0.25) is 5.95 Å². The number of fused-ring (bicyclic) bond motifs is 2. The second kappa shape index (κ2) is 9.37. The van der Waals surface area contributed by atoms with Crippen LogP contribution in [0.4, 0.5) is 16.6 Å². The molecule has 0 spiro atoms. The van der Waals surface area contributed by atoms with Crippen molar-refractivity contribution in [2.24, 2.45) is 0 Å². The second-order valence-corrected chi connectivity index (χ2v) is 13.3. The number of nitrogens with one attached hydrogen (secondary N) is 1. The Morgan fingerprint density at radius 1 is 1.21 bits per heavy atom. The molecule has 0 bridgehead atoms. The molecule has 1 aliphatic carbocycles. The Morgan fingerprint density at radius 2 is 1.97 bits per heavy atom. The van der Waals surface area contributed by atoms with Crippen LogP contribution in [0.1, 0.15) is 56.9 Å². The molecule has 4 heterocycles. The summed E-state index contributed by atoms with van der Waals surface area (Å²) in [7, 11) is -1.12. The third-order valence-electron chi connectivity index (χ3n) is 7.66. The molecule has 10 nitrogen and oxygen atoms in total. The van der Waals surface area contributed by atoms with Crippen LogP contribution >= 0.6 is 0 Å². The van der Waals surface area contributed by atoms with Crippen molar-refractivity contribution in [1.29, 1.82) is 0 Å². The standard InChI is InChI=1S/C27H35N5O5S/c1-26(2,3)37-25(34)32-12-17-5-6-19(11-18(17)13-32)36-20-14-31(15-20)24-28-21-7-10-38(35)22(21)23(29-24)30-27(16-33)8-4-9-27/h5-6,11,20,33H,4,7-10,12-16H2,1-3H3,(H,28,29,30)/t38-/m1/s1. The third kappa shape index (κ3) is 4.82. The van der Waals surface area contributed by atoms with E-state index in [1.807, 2.05) is 39.0 Å². The summed E-state index contributed by atoms with van der Waals surface area (Å²) in [4.78, 5) is 26.4. The average molecular weight is 542 g/mol. The van der Waals surface area contributed by atoms with Crippen molar-refractivity contribution in [2.75, 3.05) is 35.7 Å². The van der Waals surface area contributed by atoms with Gasteiger partial charge in [-0.1, -0.05) is 6.07 Å². The van der Waals surface area contributed by atoms with Crippen LogP contribution in [0.25, 0.3) is 0 Å². The first-order valence-corrected chi connectivity index (χ1v) is 14.6. The normalized spacial score (nSPS) is 21.8. The Morgan fingerprint density at radius 3 is 2.66 bits per heavy atom. The number of hydrogen-bond donors (Lipinski definition) is 2. The lowest BCUT2D eigenvalue weighted by Crippen LogP contribution is -2.55. The Bertz CT molecular complexity index is 1280. The van der Waals surface area contributed by atoms with E-state index in [9.17, 15) is 14.1 Å². The molecule has 2 fully saturated rings. The minimum Gasteiger partial charge on any atom is -0.487 e. The van der Waals surface area contributed by atoms with E-state index in [4.69, 9.17) is 19.4 Å². The van der Waals surface area contributed by atoms with Crippen molar-refractivity contribution in [1.82, 2.24) is 14.9 Å². The zero-order valence-electron chi connectivity index (χ0n) is 22.2. The van der Waals surface area contributed by atoms with Gasteiger partial charge in [-0.3, -0.25) is 9.11 Å². The Kier molecular flexibility index (Phi) is 6.26. The number of anilines is 2. The van der Waals surface area contributed by atoms with Crippen LogP contribution in [0.3, 0.4) is 0 Å². The molecule has 0 radical (unpaired) electrons. The van der Waals surface area contributed by atoms with E-state index in [2.05, 4.69) is 10.2 Å². The predicted octanol–water partition coefficient (Wildman–Crippen LogP) is 2.99. The fourth-order valence-electron chi connectivity index (χ4n) is 5.36. The van der Waals surface area contributed by atoms with Crippen molar-refractivity contribution in [3.63, 3.8) is 0 Å². The highest BCUT2D eigenvalue weighted by atomic mass is 32.2. The third-order valence-corrected chi connectivity index (χ3v) is 9.12. The van der Waals surface area contributed by atoms with E-state index in [-0.39, 0.29) is 24.3 Å². The van der Waals surface area contributed by atoms with E-state index in [1.54, 1.807) is 4.90 Å². The Balaban J connectivity index is 1.10. The molecule has 1 atom stereocenters. The average Bonchev–Trinajstić information content (AvgIpc) is 3.40. The molecule has 1 saturated carbocycles. The molecule has 3 aliphatic heterocycles. The SMILES string of the molecule is CC(C)(C)OC(=O)N1Cc2ccc(OC3CN(c4nc5c(c(NC6(CO)CCC6)n4)[S@](=O)CC5)C3)cc2C1. The highest BCUT2D eigenvalue weighted by molar-refractivity contribution is 7.85. The lowest BCUT2D eigenvalue weighted by molar-refractivity contribution is 0.0241. The summed E-state index contributed by atoms with van der Waals surface area (Å²) in [6.07, 6.45) is 3.17. The van der Waals surface area contributed by atoms with Crippen LogP contribution in [0.15, 0.2) is 23.1 Å². The number of aryl methyl sites for hydroxylation is 1. The van der Waals surface area contributed by atoms with Crippen LogP contribution in [-0.4, -0.2) is 73.0 Å². The van der Waals surface area contributed by atoms with Crippen molar-refractivity contribution in [3.05, 3.63) is 35.0 Å². The van der Waals surface area contributed by atoms with Crippen LogP contribution in [-0.2, 0) is 35.0 Å². The first kappa shape index (κ1) is 25.4. The summed E-state index contributed by atoms with van der Waals surface area (Å²) in [6.45, 7) is 7.98. The number of aromatic nitrogens is 2. The van der Waals surface area contributed by atoms with Gasteiger partial charge >= 0.3 is 6.09 Å². The molecule has 1 aromatic heterocycles. The van der Waals surface area contributed by atoms with Gasteiger partial charge in [0.1, 0.15) is 28.2 Å². The maximum absolute atomic E-state index is 12.7. The zero-order valence-corrected chi connectivity index (χ0v) is 23.0. The lowest BCUT2D eigenvalue weighted by atomic mass is 9.77. The Labute approximate surface area is 225 Å². The maximum Gasteiger partial charge on any atom is 0.410 e. The van der Waals surface area contributed by atoms with E-state index in [0.717, 1.165) is 41.8 Å². The van der Waals surface area contributed by atoms with Gasteiger partial charge in [-0.15, -0.1) is 0 Å². The fourth-order valence-corrected chi connectivity index (χ4v) is 6.66. The first-order valence-electron chi connectivity index (χ1n) is 13.3. The maximum atomic E-state index is 12.7. The molecule has 11 heteroatoms. The van der Waals surface area contributed by atoms with E-state index >= 15 is 0 Å². The van der Waals surface area contributed by atoms with E-state index < -0.39 is 16.4 Å². The van der Waals surface area contributed by atoms with Crippen molar-refractivity contribution in [3.8, 4) is 5.75 Å². The topological polar surface area (TPSA) is 117 Å². The number of carbonyl (C=O) groups is 1. The molecule has 1 aromatic carbocycles. The van der Waals surface area contributed by atoms with Crippen molar-refractivity contribution < 1.29 is 23.6 Å². The minimum absolute atomic E-state index is 0.00535. The molecular formula is C27H35N5O5S. The molecule has 1 amide bonds. The summed E-state index contributed by atoms with van der Waals surface area (Å²) < 4.78 is 24.4. The molecular weight excluding hydrogens is 506 g/mol. The van der Waals surface area contributed by atoms with Gasteiger partial charge in [0.05, 0.1) is 41.7 Å². The molecule has 4 aliphatic rings. The number of amides is 1. The fraction of sp³-hybridized carbons (Fsp3) is 0.593. The summed E-state index contributed by atoms with van der Waals surface area (Å²) >= 11 is 0. The summed E-state index contributed by atoms with van der Waals surface area (Å²) in [5.74, 6) is 2.55. The summed E-state index contributed by atoms with van der Waals surface area (Å²) in [5.41, 5.74) is 2.11. The van der Waals surface area contributed by atoms with Crippen LogP contribution in [0, 0.1) is 0 Å². The Hall–Kier alpha value is -2.92. The molecule has 2 aromatic rings. The van der Waals surface area contributed by atoms with Crippen LogP contribution < -0.4 is 15.0 Å². The molecule has 0 unspecified atom stereocenters. The van der Waals surface area contributed by atoms with Crippen molar-refractivity contribution >= 4 is 28.7 Å². The predicted molar refractivity (Wildman–Crippen MR) is 143 cm³/mol. The number of aliphatic hydroxyl groups excluding tert-OH is 1. The smallest absolute Gasteiger partial charge is 0.410 e. The molecule has 38 heavy (non-hydrogen) atoms. The van der Waals surface area contributed by atoms with Gasteiger partial charge in [-0.05, 0) is 63.3 Å². The van der Waals surface area contributed by atoms with Gasteiger partial charge in [-0.2, -0.15) is 4.98 Å². The van der Waals surface area contributed by atoms with Gasteiger partial charge in [-0.25, -0.2) is 9.78 Å². The van der Waals surface area contributed by atoms with E-state index in [0.29, 0.717) is 55.0 Å². The first-order chi connectivity index (χ1) is 18.1. The van der Waals surface area contributed by atoms with Crippen molar-refractivity contribution in [2.45, 2.75) is 81.7 Å². The van der Waals surface area contributed by atoms with Crippen LogP contribution in [0.5, 0.6) is 5.75 Å². The quantitative estimate of drug-likeness (QED) is 0.569. The van der Waals surface area contributed by atoms with Gasteiger partial charge in [0.25, 0.3) is 0 Å². The molecule has 2 N–H and O–H groups in total. The number of rotatable bonds is 6. The number of nitrogens with zero attached hydrogens (tertiary/aromatic N) is 4. The number of carbonyl (C=O) groups excluding carboxylic acids is 1. The number of ether oxygens (including phenoxy) is 2. The van der Waals surface area contributed by atoms with Gasteiger partial charge < -0.3 is 24.8 Å². The molecule has 1 saturated heterocycles. The van der Waals surface area contributed by atoms with Gasteiger partial charge in [0, 0.05) is 25.3 Å². The minimum atomic E-state index is -1.12. The van der Waals surface area contributed by atoms with E-state index in [1.165, 1.54) is 0 Å². The van der Waals surface area contributed by atoms with Gasteiger partial charge in [0.15, 0.2) is 0 Å². The molecule has 204 valence electrons. The highest BCUT2D eigenvalue weighted by Gasteiger charge is 2.40. The highest BCUT2D eigenvalue weighted by Crippen LogP contribution is 2.39. The summed E-state index contributed by atoms with van der Waals surface area (Å²) in [5, 5.41) is 13.4. The monoisotopic (exact) mass is 541 g/mol. The zero-order chi connectivity index (χ0) is 26.7. The number of aliphatic hydroxyl groups is 1. The largest absolute Gasteiger partial charge is 0.487 e. The lowest BCUT2D eigenvalue weighted by Gasteiger charge is -2.42. The summed E-state index contributed by atoms with van der Waals surface area (Å²) in [6, 6.07) is 5.99. The number of hydrogen-bond acceptors (Lipinski definition) is 9. The number of benzene rings is 1.